The highest BCUT2D eigenvalue weighted by molar-refractivity contribution is 5.87. The number of aromatic amines is 1. The first-order valence-electron chi connectivity index (χ1n) is 11.0. The minimum Gasteiger partial charge on any atom is -0.506 e. The van der Waals surface area contributed by atoms with Crippen LogP contribution in [-0.2, 0) is 14.3 Å². The summed E-state index contributed by atoms with van der Waals surface area (Å²) >= 11 is 0. The smallest absolute Gasteiger partial charge is 0.342 e. The summed E-state index contributed by atoms with van der Waals surface area (Å²) in [6, 6.07) is -1.00. The van der Waals surface area contributed by atoms with E-state index in [1.165, 1.54) is 19.1 Å². The maximum absolute atomic E-state index is 12.8. The molecule has 1 aliphatic rings. The van der Waals surface area contributed by atoms with Crippen molar-refractivity contribution in [2.45, 2.75) is 49.7 Å². The minimum absolute atomic E-state index is 0.0703. The number of carboxylic acids is 2. The van der Waals surface area contributed by atoms with E-state index in [0.29, 0.717) is 10.8 Å². The molecule has 1 saturated heterocycles. The lowest BCUT2D eigenvalue weighted by Crippen LogP contribution is -2.57. The van der Waals surface area contributed by atoms with E-state index in [2.05, 4.69) is 10.3 Å². The highest BCUT2D eigenvalue weighted by atomic mass is 16.6. The van der Waals surface area contributed by atoms with Crippen LogP contribution in [0, 0.1) is 5.92 Å². The van der Waals surface area contributed by atoms with Crippen LogP contribution in [0.2, 0.25) is 0 Å². The zero-order valence-corrected chi connectivity index (χ0v) is 19.5. The van der Waals surface area contributed by atoms with Crippen LogP contribution in [0.15, 0.2) is 34.1 Å². The Morgan fingerprint density at radius 1 is 1.18 bits per heavy atom. The Kier molecular flexibility index (Phi) is 8.28. The van der Waals surface area contributed by atoms with Crippen LogP contribution in [0.25, 0.3) is 0 Å². The second-order valence-electron chi connectivity index (χ2n) is 8.58. The molecule has 17 heteroatoms. The van der Waals surface area contributed by atoms with Gasteiger partial charge in [0.25, 0.3) is 5.56 Å². The van der Waals surface area contributed by atoms with E-state index in [0.717, 1.165) is 6.20 Å². The molecule has 17 nitrogen and oxygen atoms in total. The zero-order chi connectivity index (χ0) is 28.5. The Bertz CT molecular complexity index is 1330. The Hall–Kier alpha value is -4.16. The fourth-order valence-electron chi connectivity index (χ4n) is 3.83. The summed E-state index contributed by atoms with van der Waals surface area (Å²) in [6.45, 7) is 1.38. The predicted octanol–water partition coefficient (Wildman–Crippen LogP) is -3.78. The molecule has 0 saturated carbocycles. The minimum atomic E-state index is -2.03. The van der Waals surface area contributed by atoms with E-state index >= 15 is 0 Å². The predicted molar refractivity (Wildman–Crippen MR) is 122 cm³/mol. The molecule has 3 heterocycles. The molecule has 38 heavy (non-hydrogen) atoms. The number of hydrogen-bond donors (Lipinski definition) is 9. The van der Waals surface area contributed by atoms with Crippen molar-refractivity contribution in [3.05, 3.63) is 56.6 Å². The van der Waals surface area contributed by atoms with Gasteiger partial charge in [-0.2, -0.15) is 0 Å². The molecule has 0 aromatic carbocycles. The van der Waals surface area contributed by atoms with Crippen LogP contribution in [0.5, 0.6) is 5.75 Å². The Balaban J connectivity index is 1.81. The molecule has 1 fully saturated rings. The van der Waals surface area contributed by atoms with Crippen molar-refractivity contribution in [1.29, 1.82) is 0 Å². The SMILES string of the molecule is CC(C(N)C(=O)NC(C(=O)O)C1OC(n2cc(C(=O)O)c(=O)[nH]c2=O)C(O)C1O)C(O)c1ccc(O)cn1. The second-order valence-corrected chi connectivity index (χ2v) is 8.58. The van der Waals surface area contributed by atoms with Crippen molar-refractivity contribution < 1.29 is 49.8 Å². The van der Waals surface area contributed by atoms with E-state index in [9.17, 15) is 49.5 Å². The van der Waals surface area contributed by atoms with Gasteiger partial charge in [0.1, 0.15) is 35.7 Å². The third-order valence-corrected chi connectivity index (χ3v) is 6.08. The number of rotatable bonds is 9. The molecule has 2 aromatic heterocycles. The van der Waals surface area contributed by atoms with Gasteiger partial charge in [-0.25, -0.2) is 14.4 Å². The molecule has 10 N–H and O–H groups in total. The molecular weight excluding hydrogens is 514 g/mol. The summed E-state index contributed by atoms with van der Waals surface area (Å²) in [7, 11) is 0. The van der Waals surface area contributed by atoms with Crippen LogP contribution >= 0.6 is 0 Å². The number of nitrogens with zero attached hydrogens (tertiary/aromatic N) is 2. The topological polar surface area (TPSA) is 288 Å². The molecule has 0 bridgehead atoms. The van der Waals surface area contributed by atoms with Gasteiger partial charge in [0.05, 0.1) is 17.9 Å². The van der Waals surface area contributed by atoms with Crippen molar-refractivity contribution in [3.8, 4) is 5.75 Å². The van der Waals surface area contributed by atoms with E-state index < -0.39 is 83.3 Å². The van der Waals surface area contributed by atoms with Gasteiger partial charge < -0.3 is 46.4 Å². The van der Waals surface area contributed by atoms with Crippen LogP contribution in [-0.4, -0.2) is 93.4 Å². The molecule has 1 aliphatic heterocycles. The number of nitrogens with one attached hydrogen (secondary N) is 2. The number of aromatic hydroxyl groups is 1. The van der Waals surface area contributed by atoms with Gasteiger partial charge >= 0.3 is 17.6 Å². The highest BCUT2D eigenvalue weighted by Crippen LogP contribution is 2.31. The summed E-state index contributed by atoms with van der Waals surface area (Å²) in [5, 5.41) is 61.5. The van der Waals surface area contributed by atoms with Gasteiger partial charge in [-0.05, 0) is 12.1 Å². The van der Waals surface area contributed by atoms with E-state index in [1.807, 2.05) is 0 Å². The first-order chi connectivity index (χ1) is 17.7. The number of aliphatic carboxylic acids is 1. The Morgan fingerprint density at radius 3 is 2.39 bits per heavy atom. The number of hydrogen-bond acceptors (Lipinski definition) is 12. The zero-order valence-electron chi connectivity index (χ0n) is 19.5. The number of aromatic carboxylic acids is 1. The summed E-state index contributed by atoms with van der Waals surface area (Å²) in [6.07, 6.45) is -7.48. The normalized spacial score (nSPS) is 24.2. The van der Waals surface area contributed by atoms with E-state index in [4.69, 9.17) is 15.6 Å². The lowest BCUT2D eigenvalue weighted by Gasteiger charge is -2.28. The number of aliphatic hydroxyl groups is 3. The molecular formula is C21H25N5O12. The van der Waals surface area contributed by atoms with Gasteiger partial charge in [-0.1, -0.05) is 6.92 Å². The molecule has 8 unspecified atom stereocenters. The van der Waals surface area contributed by atoms with Crippen molar-refractivity contribution >= 4 is 17.8 Å². The van der Waals surface area contributed by atoms with E-state index in [1.54, 1.807) is 4.98 Å². The van der Waals surface area contributed by atoms with Crippen molar-refractivity contribution in [1.82, 2.24) is 19.9 Å². The number of aromatic nitrogens is 3. The number of carbonyl (C=O) groups excluding carboxylic acids is 1. The lowest BCUT2D eigenvalue weighted by molar-refractivity contribution is -0.149. The van der Waals surface area contributed by atoms with Gasteiger partial charge in [0.15, 0.2) is 12.3 Å². The number of amides is 1. The fourth-order valence-corrected chi connectivity index (χ4v) is 3.83. The summed E-state index contributed by atoms with van der Waals surface area (Å²) in [5.41, 5.74) is 2.61. The van der Waals surface area contributed by atoms with Gasteiger partial charge in [-0.15, -0.1) is 0 Å². The molecule has 0 spiro atoms. The largest absolute Gasteiger partial charge is 0.506 e. The number of pyridine rings is 1. The van der Waals surface area contributed by atoms with Crippen molar-refractivity contribution in [3.63, 3.8) is 0 Å². The number of carbonyl (C=O) groups is 3. The number of carboxylic acid groups (broad SMARTS) is 2. The van der Waals surface area contributed by atoms with Crippen molar-refractivity contribution in [2.75, 3.05) is 0 Å². The maximum atomic E-state index is 12.8. The summed E-state index contributed by atoms with van der Waals surface area (Å²) in [5.74, 6) is -5.72. The maximum Gasteiger partial charge on any atom is 0.342 e. The highest BCUT2D eigenvalue weighted by Gasteiger charge is 2.50. The number of ether oxygens (including phenoxy) is 1. The molecule has 2 aromatic rings. The first kappa shape index (κ1) is 28.4. The quantitative estimate of drug-likeness (QED) is 0.148. The monoisotopic (exact) mass is 539 g/mol. The van der Waals surface area contributed by atoms with Crippen LogP contribution in [0.3, 0.4) is 0 Å². The average molecular weight is 539 g/mol. The molecule has 0 aliphatic carbocycles. The Morgan fingerprint density at radius 2 is 1.84 bits per heavy atom. The Labute approximate surface area is 211 Å². The third-order valence-electron chi connectivity index (χ3n) is 6.08. The standard InChI is InChI=1S/C21H25N5O12/c1-6(12(28)9-3-2-7(27)4-23-9)10(22)17(32)24-11(20(35)36)15-13(29)14(30)18(38-15)26-5-8(19(33)34)16(31)25-21(26)37/h2-6,10-15,18,27-30H,22H2,1H3,(H,24,32)(H,33,34)(H,35,36)(H,25,31,37). The van der Waals surface area contributed by atoms with Crippen LogP contribution in [0.4, 0.5) is 0 Å². The molecule has 8 atom stereocenters. The molecule has 1 amide bonds. The average Bonchev–Trinajstić information content (AvgIpc) is 3.14. The van der Waals surface area contributed by atoms with Gasteiger partial charge in [0.2, 0.25) is 5.91 Å². The fraction of sp³-hybridized carbons (Fsp3) is 0.429. The third kappa shape index (κ3) is 5.55. The summed E-state index contributed by atoms with van der Waals surface area (Å²) in [4.78, 5) is 65.4. The summed E-state index contributed by atoms with van der Waals surface area (Å²) < 4.78 is 5.80. The first-order valence-corrected chi connectivity index (χ1v) is 11.0. The van der Waals surface area contributed by atoms with E-state index in [-0.39, 0.29) is 11.4 Å². The lowest BCUT2D eigenvalue weighted by atomic mass is 9.92. The number of aliphatic hydroxyl groups excluding tert-OH is 3. The second kappa shape index (κ2) is 11.1. The number of nitrogens with two attached hydrogens (primary N) is 1. The van der Waals surface area contributed by atoms with Gasteiger partial charge in [0, 0.05) is 12.1 Å². The van der Waals surface area contributed by atoms with Crippen molar-refractivity contribution in [2.24, 2.45) is 11.7 Å². The molecule has 0 radical (unpaired) electrons. The molecule has 206 valence electrons. The number of H-pyrrole nitrogens is 1. The van der Waals surface area contributed by atoms with Crippen LogP contribution < -0.4 is 22.3 Å². The molecule has 3 rings (SSSR count). The van der Waals surface area contributed by atoms with Crippen LogP contribution in [0.1, 0.15) is 35.3 Å². The van der Waals surface area contributed by atoms with Gasteiger partial charge in [-0.3, -0.25) is 24.1 Å².